The highest BCUT2D eigenvalue weighted by atomic mass is 16.6. The van der Waals surface area contributed by atoms with Crippen molar-refractivity contribution >= 4 is 5.97 Å². The molecule has 0 N–H and O–H groups in total. The number of carbonyl (C=O) groups excluding carboxylic acids is 1. The van der Waals surface area contributed by atoms with Crippen LogP contribution in [0.3, 0.4) is 0 Å². The quantitative estimate of drug-likeness (QED) is 0.782. The van der Waals surface area contributed by atoms with Crippen molar-refractivity contribution in [3.63, 3.8) is 0 Å². The fourth-order valence-electron chi connectivity index (χ4n) is 2.48. The zero-order valence-electron chi connectivity index (χ0n) is 11.4. The first-order chi connectivity index (χ1) is 9.02. The summed E-state index contributed by atoms with van der Waals surface area (Å²) in [4.78, 5) is 12.0. The first kappa shape index (κ1) is 13.4. The number of hydrogen-bond acceptors (Lipinski definition) is 4. The summed E-state index contributed by atoms with van der Waals surface area (Å²) >= 11 is 0. The van der Waals surface area contributed by atoms with Crippen molar-refractivity contribution in [1.29, 1.82) is 5.26 Å². The zero-order chi connectivity index (χ0) is 14.0. The molecule has 2 atom stereocenters. The predicted molar refractivity (Wildman–Crippen MR) is 69.8 cm³/mol. The molecular formula is C15H17NO3. The van der Waals surface area contributed by atoms with E-state index in [0.29, 0.717) is 12.4 Å². The number of nitrogens with zero attached hydrogens (tertiary/aromatic N) is 1. The molecule has 0 amide bonds. The van der Waals surface area contributed by atoms with Crippen LogP contribution in [0, 0.1) is 18.3 Å². The molecule has 1 heterocycles. The average molecular weight is 259 g/mol. The van der Waals surface area contributed by atoms with Gasteiger partial charge in [0.15, 0.2) is 0 Å². The molecular weight excluding hydrogens is 242 g/mol. The summed E-state index contributed by atoms with van der Waals surface area (Å²) in [6.07, 6.45) is -0.532. The molecule has 100 valence electrons. The lowest BCUT2D eigenvalue weighted by molar-refractivity contribution is -0.153. The van der Waals surface area contributed by atoms with E-state index in [1.165, 1.54) is 0 Å². The van der Waals surface area contributed by atoms with E-state index < -0.39 is 17.5 Å². The van der Waals surface area contributed by atoms with Crippen LogP contribution in [0.1, 0.15) is 31.4 Å². The summed E-state index contributed by atoms with van der Waals surface area (Å²) in [7, 11) is 0. The normalized spacial score (nSPS) is 24.2. The Morgan fingerprint density at radius 3 is 2.95 bits per heavy atom. The van der Waals surface area contributed by atoms with E-state index in [1.807, 2.05) is 32.0 Å². The average Bonchev–Trinajstić information content (AvgIpc) is 2.63. The molecule has 1 aliphatic heterocycles. The van der Waals surface area contributed by atoms with E-state index in [4.69, 9.17) is 14.7 Å². The molecule has 0 bridgehead atoms. The zero-order valence-corrected chi connectivity index (χ0v) is 11.4. The van der Waals surface area contributed by atoms with E-state index >= 15 is 0 Å². The molecule has 4 heteroatoms. The van der Waals surface area contributed by atoms with E-state index in [1.54, 1.807) is 6.92 Å². The molecule has 1 aliphatic rings. The van der Waals surface area contributed by atoms with Gasteiger partial charge in [-0.25, -0.2) is 4.79 Å². The molecule has 1 aromatic rings. The van der Waals surface area contributed by atoms with Gasteiger partial charge in [0.25, 0.3) is 0 Å². The smallest absolute Gasteiger partial charge is 0.348 e. The van der Waals surface area contributed by atoms with E-state index in [9.17, 15) is 4.79 Å². The first-order valence-electron chi connectivity index (χ1n) is 6.34. The maximum Gasteiger partial charge on any atom is 0.348 e. The minimum atomic E-state index is -0.746. The molecule has 0 aromatic heterocycles. The van der Waals surface area contributed by atoms with Crippen molar-refractivity contribution < 1.29 is 14.3 Å². The highest BCUT2D eigenvalue weighted by molar-refractivity contribution is 5.79. The molecule has 0 fully saturated rings. The summed E-state index contributed by atoms with van der Waals surface area (Å²) in [6.45, 7) is 5.89. The van der Waals surface area contributed by atoms with Crippen LogP contribution < -0.4 is 4.74 Å². The number of fused-ring (bicyclic) bond motifs is 1. The van der Waals surface area contributed by atoms with Crippen molar-refractivity contribution in [2.75, 3.05) is 6.61 Å². The lowest BCUT2D eigenvalue weighted by Crippen LogP contribution is -2.42. The molecule has 0 spiro atoms. The summed E-state index contributed by atoms with van der Waals surface area (Å²) in [5.41, 5.74) is 1.31. The van der Waals surface area contributed by atoms with Gasteiger partial charge in [-0.1, -0.05) is 19.1 Å². The molecule has 19 heavy (non-hydrogen) atoms. The third kappa shape index (κ3) is 2.17. The number of rotatable bonds is 3. The fourth-order valence-corrected chi connectivity index (χ4v) is 2.48. The van der Waals surface area contributed by atoms with Gasteiger partial charge in [0, 0.05) is 12.0 Å². The van der Waals surface area contributed by atoms with Gasteiger partial charge in [0.05, 0.1) is 18.1 Å². The van der Waals surface area contributed by atoms with Crippen molar-refractivity contribution in [3.05, 3.63) is 29.3 Å². The van der Waals surface area contributed by atoms with Gasteiger partial charge in [-0.3, -0.25) is 0 Å². The van der Waals surface area contributed by atoms with Crippen LogP contribution >= 0.6 is 0 Å². The number of nitriles is 1. The van der Waals surface area contributed by atoms with Gasteiger partial charge in [0.1, 0.15) is 5.75 Å². The van der Waals surface area contributed by atoms with Gasteiger partial charge < -0.3 is 9.47 Å². The summed E-state index contributed by atoms with van der Waals surface area (Å²) in [6, 6.07) is 7.93. The number of benzene rings is 1. The molecule has 2 unspecified atom stereocenters. The van der Waals surface area contributed by atoms with Gasteiger partial charge in [-0.15, -0.1) is 0 Å². The second-order valence-corrected chi connectivity index (χ2v) is 5.00. The van der Waals surface area contributed by atoms with Crippen LogP contribution in [0.5, 0.6) is 5.75 Å². The number of ether oxygens (including phenoxy) is 2. The minimum absolute atomic E-state index is 0.215. The van der Waals surface area contributed by atoms with Gasteiger partial charge in [0.2, 0.25) is 6.10 Å². The standard InChI is InChI=1S/C15H17NO3/c1-4-18-14(17)13-15(3,7-8-16)11-6-5-10(2)9-12(11)19-13/h5-6,9,13H,4,7H2,1-3H3. The number of hydrogen-bond donors (Lipinski definition) is 0. The molecule has 1 aromatic carbocycles. The maximum absolute atomic E-state index is 12.0. The van der Waals surface area contributed by atoms with E-state index in [0.717, 1.165) is 11.1 Å². The number of esters is 1. The third-order valence-corrected chi connectivity index (χ3v) is 3.52. The van der Waals surface area contributed by atoms with Gasteiger partial charge >= 0.3 is 5.97 Å². The SMILES string of the molecule is CCOC(=O)C1Oc2cc(C)ccc2C1(C)CC#N. The Bertz CT molecular complexity index is 547. The Balaban J connectivity index is 2.44. The molecule has 0 aliphatic carbocycles. The summed E-state index contributed by atoms with van der Waals surface area (Å²) < 4.78 is 10.8. The Kier molecular flexibility index (Phi) is 3.48. The lowest BCUT2D eigenvalue weighted by atomic mass is 9.76. The van der Waals surface area contributed by atoms with Crippen LogP contribution in [0.15, 0.2) is 18.2 Å². The molecule has 0 saturated carbocycles. The Morgan fingerprint density at radius 1 is 1.58 bits per heavy atom. The summed E-state index contributed by atoms with van der Waals surface area (Å²) in [5, 5.41) is 9.04. The lowest BCUT2D eigenvalue weighted by Gasteiger charge is -2.26. The largest absolute Gasteiger partial charge is 0.477 e. The maximum atomic E-state index is 12.0. The summed E-state index contributed by atoms with van der Waals surface area (Å²) in [5.74, 6) is 0.268. The van der Waals surface area contributed by atoms with E-state index in [2.05, 4.69) is 6.07 Å². The Hall–Kier alpha value is -2.02. The van der Waals surface area contributed by atoms with Crippen LogP contribution in [-0.2, 0) is 14.9 Å². The Labute approximate surface area is 112 Å². The highest BCUT2D eigenvalue weighted by Gasteiger charge is 2.50. The third-order valence-electron chi connectivity index (χ3n) is 3.52. The Morgan fingerprint density at radius 2 is 2.32 bits per heavy atom. The van der Waals surface area contributed by atoms with Gasteiger partial charge in [-0.2, -0.15) is 5.26 Å². The van der Waals surface area contributed by atoms with Crippen LogP contribution in [-0.4, -0.2) is 18.7 Å². The second kappa shape index (κ2) is 4.93. The monoisotopic (exact) mass is 259 g/mol. The topological polar surface area (TPSA) is 59.3 Å². The van der Waals surface area contributed by atoms with Crippen molar-refractivity contribution in [2.24, 2.45) is 0 Å². The second-order valence-electron chi connectivity index (χ2n) is 5.00. The predicted octanol–water partition coefficient (Wildman–Crippen LogP) is 2.49. The van der Waals surface area contributed by atoms with Crippen LogP contribution in [0.4, 0.5) is 0 Å². The van der Waals surface area contributed by atoms with Crippen LogP contribution in [0.25, 0.3) is 0 Å². The molecule has 0 radical (unpaired) electrons. The number of carbonyl (C=O) groups is 1. The number of aryl methyl sites for hydroxylation is 1. The van der Waals surface area contributed by atoms with Crippen molar-refractivity contribution in [3.8, 4) is 11.8 Å². The van der Waals surface area contributed by atoms with Crippen molar-refractivity contribution in [1.82, 2.24) is 0 Å². The van der Waals surface area contributed by atoms with E-state index in [-0.39, 0.29) is 6.42 Å². The highest BCUT2D eigenvalue weighted by Crippen LogP contribution is 2.45. The first-order valence-corrected chi connectivity index (χ1v) is 6.34. The molecule has 4 nitrogen and oxygen atoms in total. The molecule has 2 rings (SSSR count). The minimum Gasteiger partial charge on any atom is -0.477 e. The fraction of sp³-hybridized carbons (Fsp3) is 0.467. The van der Waals surface area contributed by atoms with Crippen LogP contribution in [0.2, 0.25) is 0 Å². The van der Waals surface area contributed by atoms with Gasteiger partial charge in [-0.05, 0) is 25.5 Å². The molecule has 0 saturated heterocycles. The van der Waals surface area contributed by atoms with Crippen molar-refractivity contribution in [2.45, 2.75) is 38.7 Å².